The predicted molar refractivity (Wildman–Crippen MR) is 137 cm³/mol. The van der Waals surface area contributed by atoms with Crippen molar-refractivity contribution < 1.29 is 23.5 Å². The molecule has 0 bridgehead atoms. The Bertz CT molecular complexity index is 1040. The number of halogens is 2. The summed E-state index contributed by atoms with van der Waals surface area (Å²) in [6.07, 6.45) is 2.07. The number of carbonyl (C=O) groups is 2. The molecule has 2 amide bonds. The number of nitrogens with one attached hydrogen (secondary N) is 3. The molecule has 2 unspecified atom stereocenters. The standard InChI is InChI=1S/C25H37F2N5O3S/c1-7-24(3,4)31-17-11-15(20(26)27)16(12-28-17)19-18(23(34)32-10-8-9-14(32)2)30-22(36-19)21(33)29-13-25(5,6)35/h11-12,14,17,20,28,31,35H,7-10,13H2,1-6H3,(H,29,33). The zero-order valence-corrected chi connectivity index (χ0v) is 22.6. The van der Waals surface area contributed by atoms with Crippen molar-refractivity contribution in [2.75, 3.05) is 13.1 Å². The molecule has 200 valence electrons. The normalized spacial score (nSPS) is 20.8. The summed E-state index contributed by atoms with van der Waals surface area (Å²) in [6.45, 7) is 11.5. The van der Waals surface area contributed by atoms with Crippen molar-refractivity contribution in [1.29, 1.82) is 0 Å². The Morgan fingerprint density at radius 2 is 2.03 bits per heavy atom. The molecule has 1 aromatic rings. The van der Waals surface area contributed by atoms with E-state index in [1.165, 1.54) is 12.3 Å². The highest BCUT2D eigenvalue weighted by Crippen LogP contribution is 2.37. The molecule has 0 radical (unpaired) electrons. The Hall–Kier alpha value is -2.37. The molecule has 2 aliphatic rings. The topological polar surface area (TPSA) is 107 Å². The number of dihydropyridines is 1. The second-order valence-electron chi connectivity index (χ2n) is 10.7. The van der Waals surface area contributed by atoms with Crippen LogP contribution in [0.1, 0.15) is 86.0 Å². The van der Waals surface area contributed by atoms with Crippen LogP contribution in [0.4, 0.5) is 8.78 Å². The third-order valence-corrected chi connectivity index (χ3v) is 7.58. The van der Waals surface area contributed by atoms with Crippen molar-refractivity contribution in [1.82, 2.24) is 25.8 Å². The van der Waals surface area contributed by atoms with Gasteiger partial charge in [0.1, 0.15) is 5.69 Å². The lowest BCUT2D eigenvalue weighted by Gasteiger charge is -2.32. The Balaban J connectivity index is 2.01. The highest BCUT2D eigenvalue weighted by molar-refractivity contribution is 7.15. The lowest BCUT2D eigenvalue weighted by Crippen LogP contribution is -2.51. The first kappa shape index (κ1) is 28.2. The number of likely N-dealkylation sites (tertiary alicyclic amines) is 1. The van der Waals surface area contributed by atoms with Crippen LogP contribution in [0.25, 0.3) is 5.57 Å². The van der Waals surface area contributed by atoms with E-state index in [4.69, 9.17) is 0 Å². The van der Waals surface area contributed by atoms with E-state index in [1.807, 2.05) is 27.7 Å². The zero-order valence-electron chi connectivity index (χ0n) is 21.7. The van der Waals surface area contributed by atoms with Crippen molar-refractivity contribution in [2.24, 2.45) is 0 Å². The van der Waals surface area contributed by atoms with Crippen LogP contribution in [0.15, 0.2) is 17.8 Å². The fourth-order valence-electron chi connectivity index (χ4n) is 4.06. The summed E-state index contributed by atoms with van der Waals surface area (Å²) in [5, 5.41) is 18.9. The number of nitrogens with zero attached hydrogens (tertiary/aromatic N) is 2. The second kappa shape index (κ2) is 10.9. The molecular formula is C25H37F2N5O3S. The van der Waals surface area contributed by atoms with E-state index >= 15 is 0 Å². The number of allylic oxidation sites excluding steroid dienone is 2. The van der Waals surface area contributed by atoms with Gasteiger partial charge >= 0.3 is 0 Å². The first-order chi connectivity index (χ1) is 16.7. The van der Waals surface area contributed by atoms with E-state index in [-0.39, 0.29) is 50.8 Å². The first-order valence-corrected chi connectivity index (χ1v) is 13.1. The fraction of sp³-hybridized carbons (Fsp3) is 0.640. The molecule has 0 saturated carbocycles. The van der Waals surface area contributed by atoms with E-state index in [0.29, 0.717) is 6.54 Å². The van der Waals surface area contributed by atoms with Crippen LogP contribution in [0.3, 0.4) is 0 Å². The molecule has 8 nitrogen and oxygen atoms in total. The van der Waals surface area contributed by atoms with E-state index < -0.39 is 24.1 Å². The highest BCUT2D eigenvalue weighted by Gasteiger charge is 2.35. The minimum Gasteiger partial charge on any atom is -0.389 e. The molecule has 4 N–H and O–H groups in total. The maximum absolute atomic E-state index is 14.3. The van der Waals surface area contributed by atoms with Crippen LogP contribution in [0.2, 0.25) is 0 Å². The van der Waals surface area contributed by atoms with Crippen LogP contribution in [0.5, 0.6) is 0 Å². The number of aliphatic hydroxyl groups is 1. The summed E-state index contributed by atoms with van der Waals surface area (Å²) >= 11 is 0.898. The molecule has 1 aromatic heterocycles. The van der Waals surface area contributed by atoms with E-state index in [0.717, 1.165) is 30.6 Å². The molecule has 1 saturated heterocycles. The molecule has 2 aliphatic heterocycles. The molecule has 3 rings (SSSR count). The van der Waals surface area contributed by atoms with Gasteiger partial charge in [-0.05, 0) is 60.0 Å². The minimum absolute atomic E-state index is 0.00654. The van der Waals surface area contributed by atoms with Crippen LogP contribution < -0.4 is 16.0 Å². The summed E-state index contributed by atoms with van der Waals surface area (Å²) in [5.41, 5.74) is -1.52. The SMILES string of the molecule is CCC(C)(C)NC1C=C(C(F)F)C(c2sc(C(=O)NCC(C)(C)O)nc2C(=O)N2CCCC2C)=CN1. The highest BCUT2D eigenvalue weighted by atomic mass is 32.1. The summed E-state index contributed by atoms with van der Waals surface area (Å²) in [4.78, 5) is 32.5. The largest absolute Gasteiger partial charge is 0.389 e. The number of rotatable bonds is 9. The molecule has 0 aliphatic carbocycles. The monoisotopic (exact) mass is 525 g/mol. The molecule has 0 spiro atoms. The van der Waals surface area contributed by atoms with Gasteiger partial charge in [0.05, 0.1) is 16.6 Å². The average molecular weight is 526 g/mol. The Labute approximate surface area is 215 Å². The quantitative estimate of drug-likeness (QED) is 0.393. The van der Waals surface area contributed by atoms with Crippen molar-refractivity contribution in [3.63, 3.8) is 0 Å². The molecular weight excluding hydrogens is 488 g/mol. The van der Waals surface area contributed by atoms with Crippen molar-refractivity contribution in [3.8, 4) is 0 Å². The summed E-state index contributed by atoms with van der Waals surface area (Å²) < 4.78 is 28.5. The minimum atomic E-state index is -2.80. The van der Waals surface area contributed by atoms with E-state index in [1.54, 1.807) is 18.7 Å². The third-order valence-electron chi connectivity index (χ3n) is 6.49. The number of hydrogen-bond donors (Lipinski definition) is 4. The maximum atomic E-state index is 14.3. The number of aromatic nitrogens is 1. The summed E-state index contributed by atoms with van der Waals surface area (Å²) in [5.74, 6) is -0.956. The van der Waals surface area contributed by atoms with Gasteiger partial charge < -0.3 is 20.6 Å². The molecule has 36 heavy (non-hydrogen) atoms. The lowest BCUT2D eigenvalue weighted by atomic mass is 9.98. The van der Waals surface area contributed by atoms with Gasteiger partial charge in [-0.15, -0.1) is 11.3 Å². The first-order valence-electron chi connectivity index (χ1n) is 12.3. The summed E-state index contributed by atoms with van der Waals surface area (Å²) in [6, 6.07) is -0.00654. The Morgan fingerprint density at radius 1 is 1.33 bits per heavy atom. The van der Waals surface area contributed by atoms with Gasteiger partial charge in [0.25, 0.3) is 18.2 Å². The lowest BCUT2D eigenvalue weighted by molar-refractivity contribution is 0.0692. The molecule has 1 fully saturated rings. The van der Waals surface area contributed by atoms with Crippen molar-refractivity contribution >= 4 is 28.7 Å². The molecule has 11 heteroatoms. The van der Waals surface area contributed by atoms with E-state index in [9.17, 15) is 23.5 Å². The molecule has 0 aromatic carbocycles. The second-order valence-corrected chi connectivity index (χ2v) is 11.7. The van der Waals surface area contributed by atoms with Crippen LogP contribution in [-0.4, -0.2) is 69.7 Å². The Morgan fingerprint density at radius 3 is 2.58 bits per heavy atom. The average Bonchev–Trinajstić information content (AvgIpc) is 3.43. The predicted octanol–water partition coefficient (Wildman–Crippen LogP) is 3.51. The smallest absolute Gasteiger partial charge is 0.280 e. The fourth-order valence-corrected chi connectivity index (χ4v) is 5.07. The van der Waals surface area contributed by atoms with Crippen LogP contribution in [-0.2, 0) is 0 Å². The number of amides is 2. The molecule has 2 atom stereocenters. The Kier molecular flexibility index (Phi) is 8.57. The number of alkyl halides is 2. The van der Waals surface area contributed by atoms with Gasteiger partial charge in [0, 0.05) is 42.0 Å². The van der Waals surface area contributed by atoms with Gasteiger partial charge in [0.15, 0.2) is 5.01 Å². The van der Waals surface area contributed by atoms with Gasteiger partial charge in [0.2, 0.25) is 0 Å². The van der Waals surface area contributed by atoms with E-state index in [2.05, 4.69) is 20.9 Å². The number of carbonyl (C=O) groups excluding carboxylic acids is 2. The maximum Gasteiger partial charge on any atom is 0.280 e. The number of thiazole rings is 1. The number of hydrogen-bond acceptors (Lipinski definition) is 7. The zero-order chi connectivity index (χ0) is 26.8. The van der Waals surface area contributed by atoms with Gasteiger partial charge in [-0.1, -0.05) is 6.92 Å². The molecule has 3 heterocycles. The summed E-state index contributed by atoms with van der Waals surface area (Å²) in [7, 11) is 0. The van der Waals surface area contributed by atoms with Crippen molar-refractivity contribution in [3.05, 3.63) is 33.4 Å². The van der Waals surface area contributed by atoms with Gasteiger partial charge in [-0.3, -0.25) is 14.9 Å². The van der Waals surface area contributed by atoms with Crippen LogP contribution >= 0.6 is 11.3 Å². The van der Waals surface area contributed by atoms with Crippen LogP contribution in [0, 0.1) is 0 Å². The third kappa shape index (κ3) is 6.68. The van der Waals surface area contributed by atoms with Gasteiger partial charge in [-0.25, -0.2) is 13.8 Å². The van der Waals surface area contributed by atoms with Crippen molar-refractivity contribution in [2.45, 2.75) is 90.6 Å². The van der Waals surface area contributed by atoms with Gasteiger partial charge in [-0.2, -0.15) is 0 Å².